The fraction of sp³-hybridized carbons (Fsp3) is 0.250. The summed E-state index contributed by atoms with van der Waals surface area (Å²) in [4.78, 5) is 0. The lowest BCUT2D eigenvalue weighted by Crippen LogP contribution is -2.29. The monoisotopic (exact) mass is 310 g/mol. The molecule has 0 saturated carbocycles. The molecule has 0 saturated heterocycles. The number of aryl methyl sites for hydroxylation is 1. The Balaban J connectivity index is 1.74. The first-order chi connectivity index (χ1) is 11.8. The maximum atomic E-state index is 2.49. The number of allylic oxidation sites excluding steroid dienone is 4. The van der Waals surface area contributed by atoms with E-state index in [-0.39, 0.29) is 0 Å². The highest BCUT2D eigenvalue weighted by atomic mass is 14.3. The van der Waals surface area contributed by atoms with Gasteiger partial charge in [0, 0.05) is 0 Å². The van der Waals surface area contributed by atoms with Crippen molar-refractivity contribution in [2.24, 2.45) is 0 Å². The van der Waals surface area contributed by atoms with E-state index in [1.807, 2.05) is 0 Å². The molecule has 0 amide bonds. The van der Waals surface area contributed by atoms with Gasteiger partial charge in [0.1, 0.15) is 0 Å². The number of rotatable bonds is 1. The molecular weight excluding hydrogens is 288 g/mol. The normalized spacial score (nSPS) is 18.5. The van der Waals surface area contributed by atoms with Crippen LogP contribution < -0.4 is 10.4 Å². The van der Waals surface area contributed by atoms with Crippen LogP contribution in [0.4, 0.5) is 0 Å². The highest BCUT2D eigenvalue weighted by Crippen LogP contribution is 2.43. The van der Waals surface area contributed by atoms with E-state index in [0.29, 0.717) is 0 Å². The molecule has 5 rings (SSSR count). The molecule has 0 fully saturated rings. The van der Waals surface area contributed by atoms with Crippen LogP contribution in [0.3, 0.4) is 0 Å². The van der Waals surface area contributed by atoms with E-state index in [1.54, 1.807) is 22.3 Å². The Morgan fingerprint density at radius 1 is 0.833 bits per heavy atom. The third-order valence-corrected chi connectivity index (χ3v) is 5.76. The summed E-state index contributed by atoms with van der Waals surface area (Å²) >= 11 is 0. The minimum atomic E-state index is 1.12. The molecule has 0 unspecified atom stereocenters. The molecule has 0 spiro atoms. The average molecular weight is 310 g/mol. The van der Waals surface area contributed by atoms with Crippen molar-refractivity contribution in [2.75, 3.05) is 0 Å². The van der Waals surface area contributed by atoms with Crippen molar-refractivity contribution in [1.82, 2.24) is 0 Å². The summed E-state index contributed by atoms with van der Waals surface area (Å²) < 4.78 is 0. The van der Waals surface area contributed by atoms with Crippen LogP contribution in [0.15, 0.2) is 65.3 Å². The lowest BCUT2D eigenvalue weighted by atomic mass is 9.91. The van der Waals surface area contributed by atoms with Crippen LogP contribution in [0.1, 0.15) is 37.7 Å². The van der Waals surface area contributed by atoms with Crippen molar-refractivity contribution in [3.05, 3.63) is 81.3 Å². The van der Waals surface area contributed by atoms with Gasteiger partial charge in [-0.25, -0.2) is 0 Å². The van der Waals surface area contributed by atoms with E-state index in [2.05, 4.69) is 61.5 Å². The molecule has 0 heteroatoms. The number of hydrogen-bond donors (Lipinski definition) is 0. The van der Waals surface area contributed by atoms with Gasteiger partial charge in [-0.1, -0.05) is 54.1 Å². The molecule has 0 nitrogen and oxygen atoms in total. The van der Waals surface area contributed by atoms with Gasteiger partial charge in [0.15, 0.2) is 0 Å². The number of benzene rings is 2. The Labute approximate surface area is 143 Å². The molecule has 0 bridgehead atoms. The van der Waals surface area contributed by atoms with Crippen molar-refractivity contribution >= 4 is 11.6 Å². The molecule has 0 atom stereocenters. The highest BCUT2D eigenvalue weighted by molar-refractivity contribution is 5.81. The van der Waals surface area contributed by atoms with Gasteiger partial charge >= 0.3 is 0 Å². The van der Waals surface area contributed by atoms with Crippen LogP contribution in [0.5, 0.6) is 0 Å². The van der Waals surface area contributed by atoms with Gasteiger partial charge < -0.3 is 0 Å². The highest BCUT2D eigenvalue weighted by Gasteiger charge is 2.26. The zero-order valence-corrected chi connectivity index (χ0v) is 14.2. The standard InChI is InChI=1S/C24H22/c1-16-5-4-7-18(13-16)19-10-9-17-11-12-22-21-8-3-2-6-20(21)15-24(22)23(17)14-19/h4-7,9-11,13-14H,2-3,8,12,15H2,1H3. The molecule has 0 aromatic heterocycles. The third-order valence-electron chi connectivity index (χ3n) is 5.76. The van der Waals surface area contributed by atoms with Crippen LogP contribution in [0.25, 0.3) is 22.8 Å². The van der Waals surface area contributed by atoms with Crippen molar-refractivity contribution in [3.8, 4) is 11.1 Å². The summed E-state index contributed by atoms with van der Waals surface area (Å²) in [6.45, 7) is 2.17. The molecular formula is C24H22. The molecule has 2 aromatic rings. The van der Waals surface area contributed by atoms with Crippen molar-refractivity contribution in [2.45, 2.75) is 39.0 Å². The Bertz CT molecular complexity index is 1030. The predicted octanol–water partition coefficient (Wildman–Crippen LogP) is 4.81. The molecule has 0 heterocycles. The Morgan fingerprint density at radius 3 is 2.67 bits per heavy atom. The minimum absolute atomic E-state index is 1.12. The molecule has 0 aliphatic heterocycles. The molecule has 24 heavy (non-hydrogen) atoms. The van der Waals surface area contributed by atoms with E-state index < -0.39 is 0 Å². The second-order valence-corrected chi connectivity index (χ2v) is 7.31. The largest absolute Gasteiger partial charge is 0.0807 e. The second kappa shape index (κ2) is 5.34. The van der Waals surface area contributed by atoms with Gasteiger partial charge in [0.25, 0.3) is 0 Å². The van der Waals surface area contributed by atoms with Gasteiger partial charge in [-0.15, -0.1) is 0 Å². The first kappa shape index (κ1) is 14.0. The van der Waals surface area contributed by atoms with E-state index in [9.17, 15) is 0 Å². The molecule has 3 aliphatic carbocycles. The van der Waals surface area contributed by atoms with Crippen LogP contribution >= 0.6 is 0 Å². The van der Waals surface area contributed by atoms with Crippen LogP contribution in [0, 0.1) is 6.92 Å². The quantitative estimate of drug-likeness (QED) is 0.709. The number of fused-ring (bicyclic) bond motifs is 3. The summed E-state index contributed by atoms with van der Waals surface area (Å²) in [7, 11) is 0. The van der Waals surface area contributed by atoms with Crippen molar-refractivity contribution < 1.29 is 0 Å². The summed E-state index contributed by atoms with van der Waals surface area (Å²) in [5.41, 5.74) is 10.5. The van der Waals surface area contributed by atoms with Crippen molar-refractivity contribution in [1.29, 1.82) is 0 Å². The van der Waals surface area contributed by atoms with Gasteiger partial charge in [-0.2, -0.15) is 0 Å². The Kier molecular flexibility index (Phi) is 3.13. The molecule has 0 N–H and O–H groups in total. The predicted molar refractivity (Wildman–Crippen MR) is 102 cm³/mol. The zero-order valence-electron chi connectivity index (χ0n) is 14.2. The maximum Gasteiger partial charge on any atom is -0.00170 e. The first-order valence-corrected chi connectivity index (χ1v) is 9.12. The fourth-order valence-electron chi connectivity index (χ4n) is 4.56. The summed E-state index contributed by atoms with van der Waals surface area (Å²) in [5.74, 6) is 0. The second-order valence-electron chi connectivity index (χ2n) is 7.31. The number of hydrogen-bond acceptors (Lipinski definition) is 0. The first-order valence-electron chi connectivity index (χ1n) is 9.12. The Morgan fingerprint density at radius 2 is 1.75 bits per heavy atom. The van der Waals surface area contributed by atoms with Gasteiger partial charge in [0.2, 0.25) is 0 Å². The smallest absolute Gasteiger partial charge is 0.00170 e. The summed E-state index contributed by atoms with van der Waals surface area (Å²) in [6, 6.07) is 15.9. The van der Waals surface area contributed by atoms with Gasteiger partial charge in [-0.3, -0.25) is 0 Å². The topological polar surface area (TPSA) is 0 Å². The molecule has 118 valence electrons. The van der Waals surface area contributed by atoms with E-state index >= 15 is 0 Å². The summed E-state index contributed by atoms with van der Waals surface area (Å²) in [6.07, 6.45) is 11.1. The lowest BCUT2D eigenvalue weighted by Gasteiger charge is -2.14. The van der Waals surface area contributed by atoms with Crippen LogP contribution in [-0.4, -0.2) is 0 Å². The van der Waals surface area contributed by atoms with E-state index in [1.165, 1.54) is 46.4 Å². The van der Waals surface area contributed by atoms with Crippen molar-refractivity contribution in [3.63, 3.8) is 0 Å². The maximum absolute atomic E-state index is 2.49. The Hall–Kier alpha value is -2.34. The average Bonchev–Trinajstić information content (AvgIpc) is 3.00. The zero-order chi connectivity index (χ0) is 16.1. The third kappa shape index (κ3) is 2.13. The van der Waals surface area contributed by atoms with E-state index in [4.69, 9.17) is 0 Å². The lowest BCUT2D eigenvalue weighted by molar-refractivity contribution is 0.798. The minimum Gasteiger partial charge on any atom is -0.0807 e. The molecule has 3 aliphatic rings. The fourth-order valence-corrected chi connectivity index (χ4v) is 4.56. The SMILES string of the molecule is Cc1cccc(-c2ccc3c(c2)=C2CC4=CCCCC4=C2CC=3)c1. The molecule has 0 radical (unpaired) electrons. The van der Waals surface area contributed by atoms with E-state index in [0.717, 1.165) is 12.8 Å². The van der Waals surface area contributed by atoms with Crippen LogP contribution in [-0.2, 0) is 0 Å². The van der Waals surface area contributed by atoms with Crippen LogP contribution in [0.2, 0.25) is 0 Å². The molecule has 2 aromatic carbocycles. The van der Waals surface area contributed by atoms with Gasteiger partial charge in [-0.05, 0) is 89.0 Å². The van der Waals surface area contributed by atoms with Gasteiger partial charge in [0.05, 0.1) is 0 Å². The summed E-state index contributed by atoms with van der Waals surface area (Å²) in [5, 5.41) is 2.89.